The van der Waals surface area contributed by atoms with Crippen LogP contribution < -0.4 is 0 Å². The molecule has 1 atom stereocenters. The molecule has 0 aliphatic rings. The van der Waals surface area contributed by atoms with E-state index in [-0.39, 0.29) is 6.61 Å². The third-order valence-electron chi connectivity index (χ3n) is 3.20. The zero-order valence-corrected chi connectivity index (χ0v) is 14.8. The second kappa shape index (κ2) is 17.6. The molecular weight excluding hydrogens is 296 g/mol. The Morgan fingerprint density at radius 1 is 0.957 bits per heavy atom. The quantitative estimate of drug-likeness (QED) is 0.328. The van der Waals surface area contributed by atoms with E-state index in [2.05, 4.69) is 26.5 Å². The van der Waals surface area contributed by atoms with Crippen LogP contribution in [0.15, 0.2) is 24.3 Å². The van der Waals surface area contributed by atoms with E-state index in [1.54, 1.807) is 0 Å². The van der Waals surface area contributed by atoms with Crippen molar-refractivity contribution in [3.05, 3.63) is 24.3 Å². The van der Waals surface area contributed by atoms with Gasteiger partial charge in [-0.2, -0.15) is 0 Å². The smallest absolute Gasteiger partial charge is 0.0704 e. The summed E-state index contributed by atoms with van der Waals surface area (Å²) in [6, 6.07) is 0. The maximum Gasteiger partial charge on any atom is 0.0704 e. The van der Waals surface area contributed by atoms with Gasteiger partial charge in [0.1, 0.15) is 0 Å². The third-order valence-corrected chi connectivity index (χ3v) is 3.20. The van der Waals surface area contributed by atoms with Crippen LogP contribution in [0, 0.1) is 5.92 Å². The summed E-state index contributed by atoms with van der Waals surface area (Å²) in [6.07, 6.45) is 6.42. The SMILES string of the molecule is C=CC(C)CC/C=C(\C)COCCOCCOCCOCCO. The van der Waals surface area contributed by atoms with E-state index in [0.717, 1.165) is 12.8 Å². The monoisotopic (exact) mass is 330 g/mol. The van der Waals surface area contributed by atoms with E-state index in [4.69, 9.17) is 24.1 Å². The summed E-state index contributed by atoms with van der Waals surface area (Å²) in [6.45, 7) is 12.4. The third kappa shape index (κ3) is 17.5. The predicted molar refractivity (Wildman–Crippen MR) is 92.7 cm³/mol. The summed E-state index contributed by atoms with van der Waals surface area (Å²) in [5.74, 6) is 0.567. The van der Waals surface area contributed by atoms with Crippen molar-refractivity contribution in [3.63, 3.8) is 0 Å². The maximum atomic E-state index is 8.51. The Kier molecular flexibility index (Phi) is 17.1. The molecule has 0 aliphatic heterocycles. The second-order valence-corrected chi connectivity index (χ2v) is 5.45. The van der Waals surface area contributed by atoms with Gasteiger partial charge in [-0.05, 0) is 25.7 Å². The lowest BCUT2D eigenvalue weighted by Gasteiger charge is -2.08. The average molecular weight is 330 g/mol. The highest BCUT2D eigenvalue weighted by atomic mass is 16.6. The van der Waals surface area contributed by atoms with Gasteiger partial charge in [0.2, 0.25) is 0 Å². The predicted octanol–water partition coefficient (Wildman–Crippen LogP) is 2.59. The zero-order valence-electron chi connectivity index (χ0n) is 14.8. The molecule has 0 saturated carbocycles. The van der Waals surface area contributed by atoms with Crippen molar-refractivity contribution < 1.29 is 24.1 Å². The molecule has 5 nitrogen and oxygen atoms in total. The molecule has 0 bridgehead atoms. The number of hydrogen-bond acceptors (Lipinski definition) is 5. The fraction of sp³-hybridized carbons (Fsp3) is 0.778. The molecule has 5 heteroatoms. The van der Waals surface area contributed by atoms with Crippen molar-refractivity contribution in [1.82, 2.24) is 0 Å². The minimum Gasteiger partial charge on any atom is -0.394 e. The summed E-state index contributed by atoms with van der Waals surface area (Å²) < 4.78 is 21.3. The number of aliphatic hydroxyl groups excluding tert-OH is 1. The number of hydrogen-bond donors (Lipinski definition) is 1. The Bertz CT molecular complexity index is 291. The van der Waals surface area contributed by atoms with Crippen LogP contribution in [0.25, 0.3) is 0 Å². The number of ether oxygens (including phenoxy) is 4. The van der Waals surface area contributed by atoms with Crippen LogP contribution in [0.5, 0.6) is 0 Å². The van der Waals surface area contributed by atoms with Crippen LogP contribution in [0.2, 0.25) is 0 Å². The van der Waals surface area contributed by atoms with Gasteiger partial charge in [0.05, 0.1) is 59.5 Å². The zero-order chi connectivity index (χ0) is 17.2. The standard InChI is InChI=1S/C18H34O5/c1-4-17(2)6-5-7-18(3)16-23-15-14-22-13-12-21-11-10-20-9-8-19/h4,7,17,19H,1,5-6,8-16H2,2-3H3/b18-7+. The maximum absolute atomic E-state index is 8.51. The van der Waals surface area contributed by atoms with Gasteiger partial charge in [0.15, 0.2) is 0 Å². The van der Waals surface area contributed by atoms with Crippen molar-refractivity contribution >= 4 is 0 Å². The molecule has 0 aromatic rings. The highest BCUT2D eigenvalue weighted by Gasteiger charge is 1.96. The molecule has 0 aromatic carbocycles. The molecule has 0 aliphatic carbocycles. The Morgan fingerprint density at radius 3 is 2.00 bits per heavy atom. The molecule has 0 amide bonds. The van der Waals surface area contributed by atoms with E-state index < -0.39 is 0 Å². The fourth-order valence-electron chi connectivity index (χ4n) is 1.73. The van der Waals surface area contributed by atoms with Gasteiger partial charge in [-0.3, -0.25) is 0 Å². The molecular formula is C18H34O5. The Labute approximate surface area is 141 Å². The lowest BCUT2D eigenvalue weighted by atomic mass is 10.1. The molecule has 23 heavy (non-hydrogen) atoms. The lowest BCUT2D eigenvalue weighted by molar-refractivity contribution is -0.00368. The molecule has 136 valence electrons. The van der Waals surface area contributed by atoms with Crippen LogP contribution in [0.3, 0.4) is 0 Å². The van der Waals surface area contributed by atoms with Crippen molar-refractivity contribution in [2.75, 3.05) is 59.5 Å². The van der Waals surface area contributed by atoms with E-state index >= 15 is 0 Å². The normalized spacial score (nSPS) is 13.3. The average Bonchev–Trinajstić information content (AvgIpc) is 2.55. The molecule has 0 aromatic heterocycles. The van der Waals surface area contributed by atoms with Crippen LogP contribution in [-0.2, 0) is 18.9 Å². The first kappa shape index (κ1) is 22.3. The minimum absolute atomic E-state index is 0.0473. The van der Waals surface area contributed by atoms with Crippen molar-refractivity contribution in [3.8, 4) is 0 Å². The highest BCUT2D eigenvalue weighted by Crippen LogP contribution is 2.08. The number of aliphatic hydroxyl groups is 1. The van der Waals surface area contributed by atoms with Crippen LogP contribution in [0.1, 0.15) is 26.7 Å². The summed E-state index contributed by atoms with van der Waals surface area (Å²) >= 11 is 0. The van der Waals surface area contributed by atoms with Crippen LogP contribution >= 0.6 is 0 Å². The summed E-state index contributed by atoms with van der Waals surface area (Å²) in [5, 5.41) is 8.51. The van der Waals surface area contributed by atoms with Gasteiger partial charge in [-0.15, -0.1) is 6.58 Å². The van der Waals surface area contributed by atoms with Gasteiger partial charge in [-0.1, -0.05) is 24.6 Å². The Hall–Kier alpha value is -0.720. The lowest BCUT2D eigenvalue weighted by Crippen LogP contribution is -2.12. The molecule has 0 radical (unpaired) electrons. The van der Waals surface area contributed by atoms with Gasteiger partial charge < -0.3 is 24.1 Å². The first-order chi connectivity index (χ1) is 11.2. The summed E-state index contributed by atoms with van der Waals surface area (Å²) in [4.78, 5) is 0. The van der Waals surface area contributed by atoms with Gasteiger partial charge in [0.25, 0.3) is 0 Å². The second-order valence-electron chi connectivity index (χ2n) is 5.45. The van der Waals surface area contributed by atoms with E-state index in [1.807, 2.05) is 6.08 Å². The van der Waals surface area contributed by atoms with E-state index in [9.17, 15) is 0 Å². The molecule has 0 fully saturated rings. The molecule has 0 heterocycles. The largest absolute Gasteiger partial charge is 0.394 e. The van der Waals surface area contributed by atoms with Crippen LogP contribution in [-0.4, -0.2) is 64.6 Å². The fourth-order valence-corrected chi connectivity index (χ4v) is 1.73. The molecule has 1 N–H and O–H groups in total. The molecule has 0 spiro atoms. The first-order valence-electron chi connectivity index (χ1n) is 8.40. The first-order valence-corrected chi connectivity index (χ1v) is 8.40. The number of rotatable bonds is 17. The van der Waals surface area contributed by atoms with Crippen molar-refractivity contribution in [2.45, 2.75) is 26.7 Å². The summed E-state index contributed by atoms with van der Waals surface area (Å²) in [7, 11) is 0. The number of allylic oxidation sites excluding steroid dienone is 2. The Balaban J connectivity index is 3.26. The van der Waals surface area contributed by atoms with E-state index in [1.165, 1.54) is 5.57 Å². The van der Waals surface area contributed by atoms with Gasteiger partial charge in [0, 0.05) is 0 Å². The minimum atomic E-state index is 0.0473. The Morgan fingerprint density at radius 2 is 1.48 bits per heavy atom. The van der Waals surface area contributed by atoms with Gasteiger partial charge >= 0.3 is 0 Å². The summed E-state index contributed by atoms with van der Waals surface area (Å²) in [5.41, 5.74) is 1.26. The van der Waals surface area contributed by atoms with Crippen LogP contribution in [0.4, 0.5) is 0 Å². The van der Waals surface area contributed by atoms with Crippen molar-refractivity contribution in [1.29, 1.82) is 0 Å². The van der Waals surface area contributed by atoms with Gasteiger partial charge in [-0.25, -0.2) is 0 Å². The van der Waals surface area contributed by atoms with E-state index in [0.29, 0.717) is 58.8 Å². The molecule has 0 saturated heterocycles. The van der Waals surface area contributed by atoms with Crippen molar-refractivity contribution in [2.24, 2.45) is 5.92 Å². The highest BCUT2D eigenvalue weighted by molar-refractivity contribution is 4.98. The molecule has 1 unspecified atom stereocenters. The molecule has 0 rings (SSSR count). The topological polar surface area (TPSA) is 57.2 Å².